The van der Waals surface area contributed by atoms with E-state index in [1.807, 2.05) is 18.3 Å². The molecule has 0 atom stereocenters. The summed E-state index contributed by atoms with van der Waals surface area (Å²) in [6.45, 7) is 1.08. The lowest BCUT2D eigenvalue weighted by molar-refractivity contribution is 0.0947. The molecular formula is C12H11N5O. The molecule has 0 aliphatic heterocycles. The van der Waals surface area contributed by atoms with Crippen molar-refractivity contribution in [3.63, 3.8) is 0 Å². The van der Waals surface area contributed by atoms with Crippen LogP contribution < -0.4 is 5.32 Å². The molecule has 2 aromatic rings. The van der Waals surface area contributed by atoms with Crippen LogP contribution >= 0.6 is 0 Å². The smallest absolute Gasteiger partial charge is 0.269 e. The number of rotatable bonds is 4. The molecule has 0 saturated carbocycles. The molecule has 0 unspecified atom stereocenters. The first-order valence-electron chi connectivity index (χ1n) is 5.41. The summed E-state index contributed by atoms with van der Waals surface area (Å²) in [5, 5.41) is 15.4. The van der Waals surface area contributed by atoms with Gasteiger partial charge in [-0.15, -0.1) is 0 Å². The van der Waals surface area contributed by atoms with E-state index in [-0.39, 0.29) is 5.91 Å². The van der Waals surface area contributed by atoms with Gasteiger partial charge in [0.15, 0.2) is 0 Å². The second-order valence-corrected chi connectivity index (χ2v) is 3.57. The first-order valence-corrected chi connectivity index (χ1v) is 5.41. The van der Waals surface area contributed by atoms with Crippen molar-refractivity contribution in [1.82, 2.24) is 20.1 Å². The van der Waals surface area contributed by atoms with Crippen LogP contribution in [0.15, 0.2) is 36.8 Å². The lowest BCUT2D eigenvalue weighted by Crippen LogP contribution is -2.28. The molecule has 1 N–H and O–H groups in total. The topological polar surface area (TPSA) is 83.6 Å². The molecule has 0 aromatic carbocycles. The van der Waals surface area contributed by atoms with Crippen LogP contribution in [0.25, 0.3) is 0 Å². The second-order valence-electron chi connectivity index (χ2n) is 3.57. The highest BCUT2D eigenvalue weighted by atomic mass is 16.1. The monoisotopic (exact) mass is 241 g/mol. The number of carbonyl (C=O) groups is 1. The number of amides is 1. The van der Waals surface area contributed by atoms with Gasteiger partial charge in [0.1, 0.15) is 11.8 Å². The second kappa shape index (κ2) is 5.59. The summed E-state index contributed by atoms with van der Waals surface area (Å²) in [6, 6.07) is 6.87. The number of pyridine rings is 1. The predicted molar refractivity (Wildman–Crippen MR) is 63.5 cm³/mol. The molecule has 2 aromatic heterocycles. The molecule has 0 bridgehead atoms. The molecule has 18 heavy (non-hydrogen) atoms. The van der Waals surface area contributed by atoms with E-state index in [2.05, 4.69) is 15.4 Å². The fourth-order valence-electron chi connectivity index (χ4n) is 1.40. The van der Waals surface area contributed by atoms with E-state index in [9.17, 15) is 4.79 Å². The van der Waals surface area contributed by atoms with Gasteiger partial charge in [-0.05, 0) is 18.2 Å². The van der Waals surface area contributed by atoms with Crippen LogP contribution in [0, 0.1) is 11.3 Å². The molecule has 2 rings (SSSR count). The summed E-state index contributed by atoms with van der Waals surface area (Å²) >= 11 is 0. The Morgan fingerprint density at radius 2 is 2.39 bits per heavy atom. The molecule has 0 aliphatic carbocycles. The van der Waals surface area contributed by atoms with E-state index in [0.29, 0.717) is 24.3 Å². The van der Waals surface area contributed by atoms with E-state index >= 15 is 0 Å². The zero-order valence-corrected chi connectivity index (χ0v) is 9.58. The summed E-state index contributed by atoms with van der Waals surface area (Å²) in [5.41, 5.74) is 0.734. The highest BCUT2D eigenvalue weighted by Crippen LogP contribution is 1.98. The number of nitrogens with zero attached hydrogens (tertiary/aromatic N) is 4. The molecule has 1 amide bonds. The van der Waals surface area contributed by atoms with E-state index in [1.165, 1.54) is 12.3 Å². The standard InChI is InChI=1S/C12H11N5O/c13-8-10-2-3-11(15-9-10)12(18)14-5-7-17-6-1-4-16-17/h1-4,6,9H,5,7H2,(H,14,18). The zero-order valence-electron chi connectivity index (χ0n) is 9.58. The van der Waals surface area contributed by atoms with Crippen molar-refractivity contribution in [1.29, 1.82) is 5.26 Å². The van der Waals surface area contributed by atoms with Gasteiger partial charge in [0.25, 0.3) is 5.91 Å². The molecule has 0 fully saturated rings. The van der Waals surface area contributed by atoms with E-state index in [0.717, 1.165) is 0 Å². The molecule has 6 nitrogen and oxygen atoms in total. The molecule has 6 heteroatoms. The van der Waals surface area contributed by atoms with Crippen LogP contribution in [0.5, 0.6) is 0 Å². The molecule has 0 radical (unpaired) electrons. The number of nitrogens with one attached hydrogen (secondary N) is 1. The van der Waals surface area contributed by atoms with E-state index in [4.69, 9.17) is 5.26 Å². The van der Waals surface area contributed by atoms with Crippen molar-refractivity contribution in [2.75, 3.05) is 6.54 Å². The third-order valence-corrected chi connectivity index (χ3v) is 2.31. The Kier molecular flexibility index (Phi) is 3.66. The molecule has 0 saturated heterocycles. The van der Waals surface area contributed by atoms with Crippen LogP contribution in [0.4, 0.5) is 0 Å². The van der Waals surface area contributed by atoms with Crippen molar-refractivity contribution < 1.29 is 4.79 Å². The van der Waals surface area contributed by atoms with Gasteiger partial charge < -0.3 is 5.32 Å². The predicted octanol–water partition coefficient (Wildman–Crippen LogP) is 0.580. The maximum absolute atomic E-state index is 11.7. The van der Waals surface area contributed by atoms with Gasteiger partial charge in [0, 0.05) is 25.1 Å². The van der Waals surface area contributed by atoms with Crippen LogP contribution in [-0.4, -0.2) is 27.2 Å². The summed E-state index contributed by atoms with van der Waals surface area (Å²) in [6.07, 6.45) is 4.89. The third-order valence-electron chi connectivity index (χ3n) is 2.31. The van der Waals surface area contributed by atoms with Crippen LogP contribution in [0.1, 0.15) is 16.1 Å². The lowest BCUT2D eigenvalue weighted by Gasteiger charge is -2.04. The van der Waals surface area contributed by atoms with Gasteiger partial charge in [0.2, 0.25) is 0 Å². The van der Waals surface area contributed by atoms with Crippen molar-refractivity contribution in [2.24, 2.45) is 0 Å². The summed E-state index contributed by atoms with van der Waals surface area (Å²) in [5.74, 6) is -0.258. The van der Waals surface area contributed by atoms with E-state index < -0.39 is 0 Å². The Bertz CT molecular complexity index is 553. The number of hydrogen-bond acceptors (Lipinski definition) is 4. The fraction of sp³-hybridized carbons (Fsp3) is 0.167. The SMILES string of the molecule is N#Cc1ccc(C(=O)NCCn2cccn2)nc1. The number of nitriles is 1. The maximum atomic E-state index is 11.7. The van der Waals surface area contributed by atoms with Crippen LogP contribution in [0.2, 0.25) is 0 Å². The Labute approximate surface area is 104 Å². The van der Waals surface area contributed by atoms with E-state index in [1.54, 1.807) is 16.9 Å². The highest BCUT2D eigenvalue weighted by molar-refractivity contribution is 5.92. The third kappa shape index (κ3) is 2.92. The summed E-state index contributed by atoms with van der Waals surface area (Å²) < 4.78 is 1.73. The zero-order chi connectivity index (χ0) is 12.8. The average molecular weight is 241 g/mol. The Morgan fingerprint density at radius 3 is 3.00 bits per heavy atom. The minimum absolute atomic E-state index is 0.258. The highest BCUT2D eigenvalue weighted by Gasteiger charge is 2.06. The first-order chi connectivity index (χ1) is 8.79. The van der Waals surface area contributed by atoms with Crippen molar-refractivity contribution >= 4 is 5.91 Å². The Balaban J connectivity index is 1.86. The summed E-state index contributed by atoms with van der Waals surface area (Å²) in [7, 11) is 0. The van der Waals surface area contributed by atoms with Gasteiger partial charge in [-0.2, -0.15) is 10.4 Å². The number of aromatic nitrogens is 3. The Hall–Kier alpha value is -2.68. The van der Waals surface area contributed by atoms with Gasteiger partial charge in [0.05, 0.1) is 12.1 Å². The van der Waals surface area contributed by atoms with Gasteiger partial charge in [-0.1, -0.05) is 0 Å². The van der Waals surface area contributed by atoms with Crippen LogP contribution in [-0.2, 0) is 6.54 Å². The fourth-order valence-corrected chi connectivity index (χ4v) is 1.40. The molecule has 2 heterocycles. The lowest BCUT2D eigenvalue weighted by atomic mass is 10.2. The number of carbonyl (C=O) groups excluding carboxylic acids is 1. The molecule has 0 spiro atoms. The van der Waals surface area contributed by atoms with Crippen molar-refractivity contribution in [2.45, 2.75) is 6.54 Å². The quantitative estimate of drug-likeness (QED) is 0.848. The summed E-state index contributed by atoms with van der Waals surface area (Å²) in [4.78, 5) is 15.6. The van der Waals surface area contributed by atoms with Crippen molar-refractivity contribution in [3.8, 4) is 6.07 Å². The molecule has 90 valence electrons. The molecular weight excluding hydrogens is 230 g/mol. The van der Waals surface area contributed by atoms with Crippen LogP contribution in [0.3, 0.4) is 0 Å². The normalized spacial score (nSPS) is 9.72. The van der Waals surface area contributed by atoms with Gasteiger partial charge in [-0.25, -0.2) is 4.98 Å². The Morgan fingerprint density at radius 1 is 1.50 bits per heavy atom. The van der Waals surface area contributed by atoms with Crippen molar-refractivity contribution in [3.05, 3.63) is 48.0 Å². The van der Waals surface area contributed by atoms with Gasteiger partial charge >= 0.3 is 0 Å². The maximum Gasteiger partial charge on any atom is 0.269 e. The number of hydrogen-bond donors (Lipinski definition) is 1. The minimum Gasteiger partial charge on any atom is -0.349 e. The first kappa shape index (κ1) is 11.8. The largest absolute Gasteiger partial charge is 0.349 e. The van der Waals surface area contributed by atoms with Gasteiger partial charge in [-0.3, -0.25) is 9.48 Å². The molecule has 0 aliphatic rings. The average Bonchev–Trinajstić information content (AvgIpc) is 2.92. The minimum atomic E-state index is -0.258.